The van der Waals surface area contributed by atoms with Crippen molar-refractivity contribution in [3.05, 3.63) is 94.9 Å². The maximum absolute atomic E-state index is 13.4. The van der Waals surface area contributed by atoms with Gasteiger partial charge in [-0.2, -0.15) is 0 Å². The maximum Gasteiger partial charge on any atom is 0.321 e. The number of nitrogens with zero attached hydrogens (tertiary/aromatic N) is 2. The van der Waals surface area contributed by atoms with Gasteiger partial charge in [0, 0.05) is 23.7 Å². The van der Waals surface area contributed by atoms with Crippen LogP contribution in [0.4, 0.5) is 4.79 Å². The number of thioether (sulfide) groups is 1. The summed E-state index contributed by atoms with van der Waals surface area (Å²) in [6.07, 6.45) is 5.40. The van der Waals surface area contributed by atoms with Crippen LogP contribution in [0.3, 0.4) is 0 Å². The van der Waals surface area contributed by atoms with E-state index in [1.54, 1.807) is 23.9 Å². The van der Waals surface area contributed by atoms with Crippen molar-refractivity contribution in [3.8, 4) is 0 Å². The molecule has 2 aromatic carbocycles. The third-order valence-electron chi connectivity index (χ3n) is 5.38. The molecule has 6 heteroatoms. The van der Waals surface area contributed by atoms with Crippen LogP contribution in [0, 0.1) is 0 Å². The number of hydrogen-bond donors (Lipinski definition) is 1. The average Bonchev–Trinajstić information content (AvgIpc) is 3.27. The van der Waals surface area contributed by atoms with E-state index >= 15 is 0 Å². The third-order valence-corrected chi connectivity index (χ3v) is 6.60. The summed E-state index contributed by atoms with van der Waals surface area (Å²) < 4.78 is 0. The van der Waals surface area contributed by atoms with Crippen LogP contribution < -0.4 is 0 Å². The maximum atomic E-state index is 13.4. The monoisotopic (exact) mass is 420 g/mol. The Morgan fingerprint density at radius 1 is 1.00 bits per heavy atom. The highest BCUT2D eigenvalue weighted by atomic mass is 32.2. The number of amides is 2. The molecule has 2 heterocycles. The van der Waals surface area contributed by atoms with Gasteiger partial charge in [0.15, 0.2) is 0 Å². The minimum Gasteiger partial charge on any atom is -0.481 e. The molecular weight excluding hydrogens is 396 g/mol. The van der Waals surface area contributed by atoms with Crippen molar-refractivity contribution in [1.82, 2.24) is 9.80 Å². The lowest BCUT2D eigenvalue weighted by Gasteiger charge is -2.23. The van der Waals surface area contributed by atoms with Crippen molar-refractivity contribution in [2.75, 3.05) is 5.75 Å². The fourth-order valence-corrected chi connectivity index (χ4v) is 5.34. The molecule has 0 unspecified atom stereocenters. The molecule has 0 bridgehead atoms. The SMILES string of the molecule is O=C(O)C/C=C/C=C1/SC[C@H]2[C@@H]1N(Cc1ccccc1)C(=O)N2Cc1ccccc1. The molecule has 0 saturated carbocycles. The summed E-state index contributed by atoms with van der Waals surface area (Å²) in [6.45, 7) is 1.15. The summed E-state index contributed by atoms with van der Waals surface area (Å²) >= 11 is 1.75. The van der Waals surface area contributed by atoms with Crippen molar-refractivity contribution < 1.29 is 14.7 Å². The molecule has 2 aliphatic heterocycles. The summed E-state index contributed by atoms with van der Waals surface area (Å²) in [5.74, 6) is -0.00923. The lowest BCUT2D eigenvalue weighted by Crippen LogP contribution is -2.35. The molecule has 0 spiro atoms. The number of carbonyl (C=O) groups excluding carboxylic acids is 1. The quantitative estimate of drug-likeness (QED) is 0.669. The fourth-order valence-electron chi connectivity index (χ4n) is 3.98. The number of urea groups is 1. The number of allylic oxidation sites excluding steroid dienone is 2. The van der Waals surface area contributed by atoms with Gasteiger partial charge in [-0.3, -0.25) is 4.79 Å². The molecule has 2 saturated heterocycles. The van der Waals surface area contributed by atoms with Crippen LogP contribution in [0.5, 0.6) is 0 Å². The minimum absolute atomic E-state index is 0.00463. The number of carbonyl (C=O) groups is 2. The van der Waals surface area contributed by atoms with Crippen LogP contribution in [0.25, 0.3) is 0 Å². The highest BCUT2D eigenvalue weighted by molar-refractivity contribution is 8.03. The zero-order valence-electron chi connectivity index (χ0n) is 16.6. The Balaban J connectivity index is 1.60. The molecule has 4 rings (SSSR count). The van der Waals surface area contributed by atoms with Crippen LogP contribution in [0.2, 0.25) is 0 Å². The number of aliphatic carboxylic acids is 1. The number of rotatable bonds is 7. The smallest absolute Gasteiger partial charge is 0.321 e. The molecule has 2 aliphatic rings. The molecule has 5 nitrogen and oxygen atoms in total. The first-order valence-electron chi connectivity index (χ1n) is 10.00. The topological polar surface area (TPSA) is 60.9 Å². The number of carboxylic acid groups (broad SMARTS) is 1. The van der Waals surface area contributed by atoms with E-state index in [-0.39, 0.29) is 24.5 Å². The van der Waals surface area contributed by atoms with Crippen molar-refractivity contribution >= 4 is 23.8 Å². The van der Waals surface area contributed by atoms with Crippen molar-refractivity contribution in [2.24, 2.45) is 0 Å². The first-order chi connectivity index (χ1) is 14.6. The van der Waals surface area contributed by atoms with Gasteiger partial charge in [-0.05, 0) is 11.1 Å². The molecule has 30 heavy (non-hydrogen) atoms. The predicted molar refractivity (Wildman–Crippen MR) is 119 cm³/mol. The van der Waals surface area contributed by atoms with E-state index in [0.29, 0.717) is 13.1 Å². The zero-order chi connectivity index (χ0) is 20.9. The van der Waals surface area contributed by atoms with Gasteiger partial charge in [-0.15, -0.1) is 11.8 Å². The summed E-state index contributed by atoms with van der Waals surface area (Å²) in [4.78, 5) is 29.2. The van der Waals surface area contributed by atoms with E-state index in [0.717, 1.165) is 21.8 Å². The second-order valence-corrected chi connectivity index (χ2v) is 8.52. The van der Waals surface area contributed by atoms with E-state index in [1.807, 2.05) is 64.4 Å². The second-order valence-electron chi connectivity index (χ2n) is 7.43. The first-order valence-corrected chi connectivity index (χ1v) is 11.0. The molecule has 0 aliphatic carbocycles. The van der Waals surface area contributed by atoms with E-state index in [4.69, 9.17) is 5.11 Å². The lowest BCUT2D eigenvalue weighted by molar-refractivity contribution is -0.136. The molecular formula is C24H24N2O3S. The third kappa shape index (κ3) is 4.44. The summed E-state index contributed by atoms with van der Waals surface area (Å²) in [5, 5.41) is 8.83. The summed E-state index contributed by atoms with van der Waals surface area (Å²) in [7, 11) is 0. The lowest BCUT2D eigenvalue weighted by atomic mass is 10.1. The Kier molecular flexibility index (Phi) is 6.23. The van der Waals surface area contributed by atoms with Crippen molar-refractivity contribution in [1.29, 1.82) is 0 Å². The number of hydrogen-bond acceptors (Lipinski definition) is 3. The highest BCUT2D eigenvalue weighted by Gasteiger charge is 2.50. The van der Waals surface area contributed by atoms with Crippen LogP contribution in [-0.4, -0.2) is 44.7 Å². The second kappa shape index (κ2) is 9.22. The Morgan fingerprint density at radius 2 is 1.60 bits per heavy atom. The van der Waals surface area contributed by atoms with Gasteiger partial charge in [0.1, 0.15) is 0 Å². The standard InChI is InChI=1S/C24H24N2O3S/c27-22(28)14-8-7-13-21-23-20(17-30-21)25(15-18-9-3-1-4-10-18)24(29)26(23)16-19-11-5-2-6-12-19/h1-13,20,23H,14-17H2,(H,27,28)/b8-7+,21-13+/t20-,23-/m0/s1. The van der Waals surface area contributed by atoms with Gasteiger partial charge in [0.25, 0.3) is 0 Å². The normalized spacial score (nSPS) is 22.3. The molecule has 2 amide bonds. The number of benzene rings is 2. The van der Waals surface area contributed by atoms with E-state index in [2.05, 4.69) is 12.1 Å². The van der Waals surface area contributed by atoms with Gasteiger partial charge >= 0.3 is 12.0 Å². The van der Waals surface area contributed by atoms with Gasteiger partial charge in [0.2, 0.25) is 0 Å². The fraction of sp³-hybridized carbons (Fsp3) is 0.250. The van der Waals surface area contributed by atoms with Crippen LogP contribution in [-0.2, 0) is 17.9 Å². The van der Waals surface area contributed by atoms with E-state index in [1.165, 1.54) is 0 Å². The largest absolute Gasteiger partial charge is 0.481 e. The average molecular weight is 421 g/mol. The van der Waals surface area contributed by atoms with Crippen LogP contribution >= 0.6 is 11.8 Å². The Labute approximate surface area is 180 Å². The Hall–Kier alpha value is -2.99. The minimum atomic E-state index is -0.850. The first kappa shape index (κ1) is 20.3. The van der Waals surface area contributed by atoms with Gasteiger partial charge in [-0.25, -0.2) is 4.79 Å². The molecule has 0 aromatic heterocycles. The summed E-state index contributed by atoms with van der Waals surface area (Å²) in [6, 6.07) is 20.3. The van der Waals surface area contributed by atoms with Crippen LogP contribution in [0.1, 0.15) is 17.5 Å². The Bertz CT molecular complexity index is 959. The van der Waals surface area contributed by atoms with Crippen molar-refractivity contribution in [2.45, 2.75) is 31.6 Å². The van der Waals surface area contributed by atoms with E-state index < -0.39 is 5.97 Å². The number of carboxylic acids is 1. The van der Waals surface area contributed by atoms with Gasteiger partial charge in [-0.1, -0.05) is 78.9 Å². The number of fused-ring (bicyclic) bond motifs is 1. The highest BCUT2D eigenvalue weighted by Crippen LogP contribution is 2.43. The molecule has 2 atom stereocenters. The Morgan fingerprint density at radius 3 is 2.20 bits per heavy atom. The predicted octanol–water partition coefficient (Wildman–Crippen LogP) is 4.52. The molecule has 2 aromatic rings. The van der Waals surface area contributed by atoms with Gasteiger partial charge in [0.05, 0.1) is 18.5 Å². The molecule has 154 valence electrons. The molecule has 1 N–H and O–H groups in total. The molecule has 2 fully saturated rings. The summed E-state index contributed by atoms with van der Waals surface area (Å²) in [5.41, 5.74) is 2.22. The van der Waals surface area contributed by atoms with Crippen molar-refractivity contribution in [3.63, 3.8) is 0 Å². The zero-order valence-corrected chi connectivity index (χ0v) is 17.4. The van der Waals surface area contributed by atoms with Crippen LogP contribution in [0.15, 0.2) is 83.8 Å². The van der Waals surface area contributed by atoms with E-state index in [9.17, 15) is 9.59 Å². The van der Waals surface area contributed by atoms with Gasteiger partial charge < -0.3 is 14.9 Å². The molecule has 0 radical (unpaired) electrons.